The SMILES string of the molecule is CCOc1ccnc(CCNC(=O)N(S)c2ccc(Cl)cn2)c1F. The van der Waals surface area contributed by atoms with Gasteiger partial charge in [-0.3, -0.25) is 4.98 Å². The molecule has 0 radical (unpaired) electrons. The molecule has 24 heavy (non-hydrogen) atoms. The van der Waals surface area contributed by atoms with Gasteiger partial charge in [-0.2, -0.15) is 0 Å². The van der Waals surface area contributed by atoms with Gasteiger partial charge in [-0.15, -0.1) is 0 Å². The van der Waals surface area contributed by atoms with E-state index >= 15 is 0 Å². The van der Waals surface area contributed by atoms with E-state index in [1.165, 1.54) is 18.5 Å². The van der Waals surface area contributed by atoms with Gasteiger partial charge in [0.25, 0.3) is 0 Å². The number of ether oxygens (including phenoxy) is 1. The summed E-state index contributed by atoms with van der Waals surface area (Å²) in [6.45, 7) is 2.31. The van der Waals surface area contributed by atoms with Crippen molar-refractivity contribution in [3.8, 4) is 5.75 Å². The molecule has 2 amide bonds. The molecule has 0 spiro atoms. The van der Waals surface area contributed by atoms with Gasteiger partial charge in [-0.25, -0.2) is 18.5 Å². The summed E-state index contributed by atoms with van der Waals surface area (Å²) in [5.41, 5.74) is 0.219. The number of halogens is 2. The summed E-state index contributed by atoms with van der Waals surface area (Å²) in [6, 6.07) is 4.12. The number of urea groups is 1. The molecular weight excluding hydrogens is 355 g/mol. The fourth-order valence-electron chi connectivity index (χ4n) is 1.87. The van der Waals surface area contributed by atoms with Crippen LogP contribution in [0.4, 0.5) is 15.0 Å². The standard InChI is InChI=1S/C15H16ClFN4O2S/c1-2-23-12-6-8-18-11(14(12)17)5-7-19-15(22)21(24)13-4-3-10(16)9-20-13/h3-4,6,8-9,24H,2,5,7H2,1H3,(H,19,22). The number of carbonyl (C=O) groups excluding carboxylic acids is 1. The van der Waals surface area contributed by atoms with Gasteiger partial charge in [-0.1, -0.05) is 24.4 Å². The van der Waals surface area contributed by atoms with E-state index in [4.69, 9.17) is 16.3 Å². The molecule has 0 saturated carbocycles. The van der Waals surface area contributed by atoms with E-state index in [0.717, 1.165) is 4.31 Å². The molecule has 2 aromatic heterocycles. The minimum absolute atomic E-state index is 0.148. The first kappa shape index (κ1) is 18.3. The number of thiol groups is 1. The van der Waals surface area contributed by atoms with E-state index in [1.54, 1.807) is 19.1 Å². The fourth-order valence-corrected chi connectivity index (χ4v) is 2.17. The van der Waals surface area contributed by atoms with Crippen LogP contribution in [0.25, 0.3) is 0 Å². The zero-order valence-corrected chi connectivity index (χ0v) is 14.5. The molecule has 0 aliphatic rings. The summed E-state index contributed by atoms with van der Waals surface area (Å²) in [4.78, 5) is 19.9. The van der Waals surface area contributed by atoms with Crippen molar-refractivity contribution in [3.05, 3.63) is 47.1 Å². The van der Waals surface area contributed by atoms with Gasteiger partial charge in [-0.05, 0) is 19.1 Å². The lowest BCUT2D eigenvalue weighted by Gasteiger charge is -2.15. The fraction of sp³-hybridized carbons (Fsp3) is 0.267. The normalized spacial score (nSPS) is 10.3. The molecule has 0 aliphatic heterocycles. The largest absolute Gasteiger partial charge is 0.491 e. The zero-order chi connectivity index (χ0) is 17.5. The topological polar surface area (TPSA) is 67.3 Å². The number of carbonyl (C=O) groups is 1. The van der Waals surface area contributed by atoms with E-state index in [1.807, 2.05) is 0 Å². The van der Waals surface area contributed by atoms with Crippen LogP contribution in [0.15, 0.2) is 30.6 Å². The summed E-state index contributed by atoms with van der Waals surface area (Å²) < 4.78 is 20.3. The van der Waals surface area contributed by atoms with Crippen LogP contribution in [0.1, 0.15) is 12.6 Å². The van der Waals surface area contributed by atoms with E-state index in [9.17, 15) is 9.18 Å². The van der Waals surface area contributed by atoms with Crippen molar-refractivity contribution < 1.29 is 13.9 Å². The predicted octanol–water partition coefficient (Wildman–Crippen LogP) is 3.27. The third kappa shape index (κ3) is 4.72. The number of amides is 2. The molecule has 128 valence electrons. The van der Waals surface area contributed by atoms with Crippen LogP contribution in [-0.4, -0.2) is 29.2 Å². The number of pyridine rings is 2. The number of hydrogen-bond donors (Lipinski definition) is 2. The molecular formula is C15H16ClFN4O2S. The van der Waals surface area contributed by atoms with Gasteiger partial charge >= 0.3 is 6.03 Å². The van der Waals surface area contributed by atoms with E-state index in [2.05, 4.69) is 28.1 Å². The summed E-state index contributed by atoms with van der Waals surface area (Å²) >= 11 is 9.82. The zero-order valence-electron chi connectivity index (χ0n) is 12.9. The van der Waals surface area contributed by atoms with Crippen LogP contribution >= 0.6 is 24.4 Å². The predicted molar refractivity (Wildman–Crippen MR) is 93.2 cm³/mol. The molecule has 0 unspecified atom stereocenters. The lowest BCUT2D eigenvalue weighted by atomic mass is 10.2. The van der Waals surface area contributed by atoms with Crippen LogP contribution < -0.4 is 14.4 Å². The number of rotatable bonds is 6. The highest BCUT2D eigenvalue weighted by atomic mass is 35.5. The monoisotopic (exact) mass is 370 g/mol. The molecule has 2 heterocycles. The van der Waals surface area contributed by atoms with Crippen LogP contribution in [0.5, 0.6) is 5.75 Å². The molecule has 0 atom stereocenters. The van der Waals surface area contributed by atoms with Crippen molar-refractivity contribution in [2.45, 2.75) is 13.3 Å². The number of aromatic nitrogens is 2. The summed E-state index contributed by atoms with van der Waals surface area (Å²) in [5, 5.41) is 3.07. The second-order valence-electron chi connectivity index (χ2n) is 4.63. The van der Waals surface area contributed by atoms with Crippen LogP contribution in [0.2, 0.25) is 5.02 Å². The minimum atomic E-state index is -0.518. The smallest absolute Gasteiger partial charge is 0.333 e. The van der Waals surface area contributed by atoms with Gasteiger partial charge in [0.05, 0.1) is 17.3 Å². The Hall–Kier alpha value is -2.06. The third-order valence-corrected chi connectivity index (χ3v) is 3.60. The maximum atomic E-state index is 14.1. The highest BCUT2D eigenvalue weighted by molar-refractivity contribution is 7.82. The Morgan fingerprint density at radius 3 is 2.88 bits per heavy atom. The van der Waals surface area contributed by atoms with Gasteiger partial charge in [0, 0.05) is 31.4 Å². The average molecular weight is 371 g/mol. The Balaban J connectivity index is 1.90. The Bertz CT molecular complexity index is 702. The van der Waals surface area contributed by atoms with Crippen molar-refractivity contribution in [1.82, 2.24) is 15.3 Å². The lowest BCUT2D eigenvalue weighted by Crippen LogP contribution is -2.35. The first-order valence-electron chi connectivity index (χ1n) is 7.17. The number of hydrogen-bond acceptors (Lipinski definition) is 5. The number of nitrogens with zero attached hydrogens (tertiary/aromatic N) is 3. The molecule has 2 rings (SSSR count). The Kier molecular flexibility index (Phi) is 6.62. The molecule has 0 saturated heterocycles. The quantitative estimate of drug-likeness (QED) is 0.766. The molecule has 9 heteroatoms. The highest BCUT2D eigenvalue weighted by Crippen LogP contribution is 2.19. The number of nitrogens with one attached hydrogen (secondary N) is 1. The van der Waals surface area contributed by atoms with Crippen LogP contribution in [0.3, 0.4) is 0 Å². The molecule has 1 N–H and O–H groups in total. The number of anilines is 1. The minimum Gasteiger partial charge on any atom is -0.491 e. The van der Waals surface area contributed by atoms with E-state index in [0.29, 0.717) is 17.4 Å². The van der Waals surface area contributed by atoms with Crippen molar-refractivity contribution in [3.63, 3.8) is 0 Å². The van der Waals surface area contributed by atoms with E-state index in [-0.39, 0.29) is 24.4 Å². The van der Waals surface area contributed by atoms with Crippen LogP contribution in [0, 0.1) is 5.82 Å². The Labute approximate surface area is 149 Å². The van der Waals surface area contributed by atoms with Crippen molar-refractivity contribution in [2.24, 2.45) is 0 Å². The van der Waals surface area contributed by atoms with Crippen LogP contribution in [-0.2, 0) is 6.42 Å². The van der Waals surface area contributed by atoms with Gasteiger partial charge in [0.2, 0.25) is 0 Å². The van der Waals surface area contributed by atoms with E-state index < -0.39 is 11.8 Å². The lowest BCUT2D eigenvalue weighted by molar-refractivity contribution is 0.250. The maximum Gasteiger partial charge on any atom is 0.333 e. The Morgan fingerprint density at radius 2 is 2.21 bits per heavy atom. The third-order valence-electron chi connectivity index (χ3n) is 2.98. The maximum absolute atomic E-state index is 14.1. The van der Waals surface area contributed by atoms with Gasteiger partial charge in [0.15, 0.2) is 11.6 Å². The summed E-state index contributed by atoms with van der Waals surface area (Å²) in [6.07, 6.45) is 3.09. The first-order chi connectivity index (χ1) is 11.5. The first-order valence-corrected chi connectivity index (χ1v) is 7.95. The van der Waals surface area contributed by atoms with Gasteiger partial charge in [0.1, 0.15) is 5.82 Å². The van der Waals surface area contributed by atoms with Crippen molar-refractivity contribution in [2.75, 3.05) is 17.5 Å². The van der Waals surface area contributed by atoms with Crippen molar-refractivity contribution in [1.29, 1.82) is 0 Å². The average Bonchev–Trinajstić information content (AvgIpc) is 2.58. The summed E-state index contributed by atoms with van der Waals surface area (Å²) in [7, 11) is 0. The second-order valence-corrected chi connectivity index (χ2v) is 5.47. The molecule has 0 aromatic carbocycles. The molecule has 0 fully saturated rings. The molecule has 6 nitrogen and oxygen atoms in total. The molecule has 0 aliphatic carbocycles. The summed E-state index contributed by atoms with van der Waals surface area (Å²) in [5.74, 6) is -0.0476. The molecule has 2 aromatic rings. The Morgan fingerprint density at radius 1 is 1.42 bits per heavy atom. The molecule has 0 bridgehead atoms. The highest BCUT2D eigenvalue weighted by Gasteiger charge is 2.14. The van der Waals surface area contributed by atoms with Gasteiger partial charge < -0.3 is 10.1 Å². The van der Waals surface area contributed by atoms with Crippen molar-refractivity contribution >= 4 is 36.3 Å². The second kappa shape index (κ2) is 8.70.